The minimum atomic E-state index is -0.666. The van der Waals surface area contributed by atoms with Gasteiger partial charge in [0.2, 0.25) is 5.88 Å². The zero-order chi connectivity index (χ0) is 28.0. The van der Waals surface area contributed by atoms with Gasteiger partial charge in [-0.2, -0.15) is 5.10 Å². The van der Waals surface area contributed by atoms with Crippen LogP contribution in [-0.2, 0) is 11.2 Å². The number of nitrogens with one attached hydrogen (secondary N) is 2. The molecule has 0 aliphatic carbocycles. The minimum Gasteiger partial charge on any atom is -0.490 e. The number of β-amino-alcohol motifs (C(OH)–C–C–N with tert-alkyl or cyclic N) is 1. The number of ether oxygens (including phenoxy) is 3. The van der Waals surface area contributed by atoms with Crippen molar-refractivity contribution in [3.8, 4) is 17.4 Å². The molecule has 2 aromatic carbocycles. The number of aliphatic hydroxyl groups is 1. The second kappa shape index (κ2) is 12.5. The topological polar surface area (TPSA) is 122 Å². The van der Waals surface area contributed by atoms with Crippen LogP contribution < -0.4 is 14.8 Å². The van der Waals surface area contributed by atoms with Gasteiger partial charge >= 0.3 is 0 Å². The highest BCUT2D eigenvalue weighted by atomic mass is 16.5. The summed E-state index contributed by atoms with van der Waals surface area (Å²) in [6.45, 7) is 7.07. The molecule has 210 valence electrons. The molecule has 1 saturated heterocycles. The van der Waals surface area contributed by atoms with E-state index in [2.05, 4.69) is 34.3 Å². The monoisotopic (exact) mass is 545 g/mol. The Balaban J connectivity index is 1.08. The normalized spacial score (nSPS) is 14.7. The molecule has 1 amide bonds. The lowest BCUT2D eigenvalue weighted by atomic mass is 9.94. The number of fused-ring (bicyclic) bond motifs is 1. The Kier molecular flexibility index (Phi) is 8.59. The van der Waals surface area contributed by atoms with E-state index in [0.29, 0.717) is 55.8 Å². The maximum absolute atomic E-state index is 12.6. The van der Waals surface area contributed by atoms with Crippen LogP contribution in [0.15, 0.2) is 67.0 Å². The van der Waals surface area contributed by atoms with Gasteiger partial charge < -0.3 is 29.5 Å². The Hall–Kier alpha value is -3.99. The van der Waals surface area contributed by atoms with Crippen LogP contribution in [0.4, 0.5) is 0 Å². The number of hydrogen-bond donors (Lipinski definition) is 3. The summed E-state index contributed by atoms with van der Waals surface area (Å²) in [6, 6.07) is 17.0. The van der Waals surface area contributed by atoms with Gasteiger partial charge in [0.25, 0.3) is 5.91 Å². The number of pyridine rings is 1. The van der Waals surface area contributed by atoms with E-state index < -0.39 is 6.10 Å². The number of morpholine rings is 1. The number of nitrogens with zero attached hydrogens (tertiary/aromatic N) is 3. The first-order valence-electron chi connectivity index (χ1n) is 13.4. The first-order valence-corrected chi connectivity index (χ1v) is 13.4. The van der Waals surface area contributed by atoms with Gasteiger partial charge in [-0.15, -0.1) is 0 Å². The molecule has 10 heteroatoms. The van der Waals surface area contributed by atoms with E-state index in [-0.39, 0.29) is 18.1 Å². The first-order chi connectivity index (χ1) is 19.4. The Morgan fingerprint density at radius 2 is 1.93 bits per heavy atom. The lowest BCUT2D eigenvalue weighted by Gasteiger charge is -2.28. The maximum Gasteiger partial charge on any atom is 0.255 e. The fraction of sp³-hybridized carbons (Fsp3) is 0.367. The smallest absolute Gasteiger partial charge is 0.255 e. The molecule has 0 radical (unpaired) electrons. The molecule has 1 fully saturated rings. The number of amides is 1. The number of aliphatic hydroxyl groups excluding tert-OH is 1. The van der Waals surface area contributed by atoms with Crippen molar-refractivity contribution in [3.63, 3.8) is 0 Å². The fourth-order valence-corrected chi connectivity index (χ4v) is 4.59. The molecule has 2 aromatic heterocycles. The van der Waals surface area contributed by atoms with Gasteiger partial charge in [0.15, 0.2) is 0 Å². The molecule has 1 aliphatic rings. The third-order valence-electron chi connectivity index (χ3n) is 6.77. The Bertz CT molecular complexity index is 1400. The van der Waals surface area contributed by atoms with Gasteiger partial charge in [-0.3, -0.25) is 9.89 Å². The number of aromatic nitrogens is 3. The summed E-state index contributed by atoms with van der Waals surface area (Å²) < 4.78 is 17.0. The minimum absolute atomic E-state index is 0.0464. The van der Waals surface area contributed by atoms with E-state index in [1.54, 1.807) is 29.4 Å². The molecule has 40 heavy (non-hydrogen) atoms. The van der Waals surface area contributed by atoms with Gasteiger partial charge in [0, 0.05) is 37.4 Å². The van der Waals surface area contributed by atoms with Crippen LogP contribution in [0.25, 0.3) is 10.9 Å². The molecular weight excluding hydrogens is 510 g/mol. The number of aromatic amines is 1. The standard InChI is InChI=1S/C30H35N5O5/c1-30(2,32-18-23(36)20-39-27-5-3-4-26-25(27)19-33-34-26)16-21-6-9-24(10-7-21)40-28-11-8-22(17-31-28)29(37)35-12-14-38-15-13-35/h3-11,17,19,23,32,36H,12-16,18,20H2,1-2H3,(H,33,34)/t23-/m0/s1. The summed E-state index contributed by atoms with van der Waals surface area (Å²) in [4.78, 5) is 18.7. The van der Waals surface area contributed by atoms with Gasteiger partial charge in [-0.25, -0.2) is 4.98 Å². The molecule has 10 nitrogen and oxygen atoms in total. The van der Waals surface area contributed by atoms with E-state index in [0.717, 1.165) is 22.9 Å². The van der Waals surface area contributed by atoms with Crippen LogP contribution in [0, 0.1) is 0 Å². The fourth-order valence-electron chi connectivity index (χ4n) is 4.59. The van der Waals surface area contributed by atoms with Crippen molar-refractivity contribution in [1.29, 1.82) is 0 Å². The highest BCUT2D eigenvalue weighted by Crippen LogP contribution is 2.24. The number of hydrogen-bond acceptors (Lipinski definition) is 8. The summed E-state index contributed by atoms with van der Waals surface area (Å²) in [7, 11) is 0. The predicted molar refractivity (Wildman–Crippen MR) is 151 cm³/mol. The molecular formula is C30H35N5O5. The third kappa shape index (κ3) is 7.15. The van der Waals surface area contributed by atoms with Crippen LogP contribution in [-0.4, -0.2) is 82.2 Å². The van der Waals surface area contributed by atoms with E-state index in [4.69, 9.17) is 14.2 Å². The molecule has 3 N–H and O–H groups in total. The lowest BCUT2D eigenvalue weighted by molar-refractivity contribution is 0.0302. The third-order valence-corrected chi connectivity index (χ3v) is 6.77. The average Bonchev–Trinajstić information content (AvgIpc) is 3.46. The molecule has 4 aromatic rings. The summed E-state index contributed by atoms with van der Waals surface area (Å²) in [5.74, 6) is 1.73. The molecule has 5 rings (SSSR count). The molecule has 3 heterocycles. The first kappa shape index (κ1) is 27.6. The molecule has 0 bridgehead atoms. The van der Waals surface area contributed by atoms with Crippen LogP contribution in [0.5, 0.6) is 17.4 Å². The van der Waals surface area contributed by atoms with Crippen molar-refractivity contribution in [1.82, 2.24) is 25.4 Å². The molecule has 1 atom stereocenters. The summed E-state index contributed by atoms with van der Waals surface area (Å²) in [5.41, 5.74) is 2.30. The largest absolute Gasteiger partial charge is 0.490 e. The zero-order valence-corrected chi connectivity index (χ0v) is 22.8. The number of carbonyl (C=O) groups is 1. The highest BCUT2D eigenvalue weighted by Gasteiger charge is 2.21. The predicted octanol–water partition coefficient (Wildman–Crippen LogP) is 3.57. The van der Waals surface area contributed by atoms with E-state index in [1.165, 1.54) is 0 Å². The van der Waals surface area contributed by atoms with Crippen molar-refractivity contribution < 1.29 is 24.1 Å². The number of benzene rings is 2. The van der Waals surface area contributed by atoms with Gasteiger partial charge in [-0.1, -0.05) is 18.2 Å². The van der Waals surface area contributed by atoms with E-state index in [1.807, 2.05) is 42.5 Å². The van der Waals surface area contributed by atoms with Gasteiger partial charge in [0.1, 0.15) is 24.2 Å². The lowest BCUT2D eigenvalue weighted by Crippen LogP contribution is -2.46. The van der Waals surface area contributed by atoms with Crippen LogP contribution in [0.3, 0.4) is 0 Å². The second-order valence-electron chi connectivity index (χ2n) is 10.5. The maximum atomic E-state index is 12.6. The van der Waals surface area contributed by atoms with E-state index in [9.17, 15) is 9.90 Å². The quantitative estimate of drug-likeness (QED) is 0.262. The van der Waals surface area contributed by atoms with Crippen molar-refractivity contribution in [3.05, 3.63) is 78.1 Å². The SMILES string of the molecule is CC(C)(Cc1ccc(Oc2ccc(C(=O)N3CCOCC3)cn2)cc1)NC[C@H](O)COc1cccc2[nH]ncc12. The van der Waals surface area contributed by atoms with Crippen LogP contribution in [0.1, 0.15) is 29.8 Å². The zero-order valence-electron chi connectivity index (χ0n) is 22.8. The summed E-state index contributed by atoms with van der Waals surface area (Å²) >= 11 is 0. The van der Waals surface area contributed by atoms with Crippen LogP contribution in [0.2, 0.25) is 0 Å². The second-order valence-corrected chi connectivity index (χ2v) is 10.5. The van der Waals surface area contributed by atoms with Gasteiger partial charge in [-0.05, 0) is 56.2 Å². The Labute approximate surface area is 233 Å². The molecule has 0 saturated carbocycles. The van der Waals surface area contributed by atoms with Crippen LogP contribution >= 0.6 is 0 Å². The van der Waals surface area contributed by atoms with Crippen molar-refractivity contribution >= 4 is 16.8 Å². The van der Waals surface area contributed by atoms with Crippen molar-refractivity contribution in [2.75, 3.05) is 39.5 Å². The number of H-pyrrole nitrogens is 1. The van der Waals surface area contributed by atoms with E-state index >= 15 is 0 Å². The molecule has 0 unspecified atom stereocenters. The highest BCUT2D eigenvalue weighted by molar-refractivity contribution is 5.94. The number of rotatable bonds is 11. The average molecular weight is 546 g/mol. The Morgan fingerprint density at radius 1 is 1.12 bits per heavy atom. The van der Waals surface area contributed by atoms with Gasteiger partial charge in [0.05, 0.1) is 35.9 Å². The number of carbonyl (C=O) groups excluding carboxylic acids is 1. The molecule has 1 aliphatic heterocycles. The van der Waals surface area contributed by atoms with Crippen molar-refractivity contribution in [2.45, 2.75) is 31.9 Å². The Morgan fingerprint density at radius 3 is 2.67 bits per heavy atom. The molecule has 0 spiro atoms. The van der Waals surface area contributed by atoms with Crippen molar-refractivity contribution in [2.24, 2.45) is 0 Å². The summed E-state index contributed by atoms with van der Waals surface area (Å²) in [5, 5.41) is 21.8. The summed E-state index contributed by atoms with van der Waals surface area (Å²) in [6.07, 6.45) is 3.36.